The third-order valence-corrected chi connectivity index (χ3v) is 4.05. The van der Waals surface area contributed by atoms with Crippen molar-refractivity contribution in [3.05, 3.63) is 40.6 Å². The average Bonchev–Trinajstić information content (AvgIpc) is 3.17. The van der Waals surface area contributed by atoms with Crippen molar-refractivity contribution in [3.63, 3.8) is 0 Å². The number of aryl methyl sites for hydroxylation is 4. The minimum Gasteiger partial charge on any atom is -0.465 e. The molecule has 2 N–H and O–H groups in total. The molecule has 0 bridgehead atoms. The lowest BCUT2D eigenvalue weighted by Gasteiger charge is -2.11. The molecule has 0 aliphatic rings. The highest BCUT2D eigenvalue weighted by atomic mass is 127. The maximum Gasteiger partial charge on any atom is 0.341 e. The van der Waals surface area contributed by atoms with Gasteiger partial charge >= 0.3 is 5.97 Å². The van der Waals surface area contributed by atoms with Gasteiger partial charge in [0.15, 0.2) is 5.96 Å². The Bertz CT molecular complexity index is 798. The smallest absolute Gasteiger partial charge is 0.341 e. The second-order valence-electron chi connectivity index (χ2n) is 6.30. The minimum absolute atomic E-state index is 0. The number of furan rings is 1. The molecule has 28 heavy (non-hydrogen) atoms. The first kappa shape index (κ1) is 24.0. The molecule has 0 atom stereocenters. The van der Waals surface area contributed by atoms with Gasteiger partial charge in [-0.15, -0.1) is 24.0 Å². The van der Waals surface area contributed by atoms with Crippen molar-refractivity contribution in [2.24, 2.45) is 4.99 Å². The highest BCUT2D eigenvalue weighted by Gasteiger charge is 2.15. The van der Waals surface area contributed by atoms with Crippen LogP contribution in [-0.2, 0) is 17.8 Å². The molecule has 2 heterocycles. The molecule has 2 aromatic rings. The number of aliphatic imine (C=N–C) groups is 1. The Labute approximate surface area is 183 Å². The maximum absolute atomic E-state index is 11.7. The summed E-state index contributed by atoms with van der Waals surface area (Å²) in [7, 11) is 1.35. The van der Waals surface area contributed by atoms with Crippen LogP contribution < -0.4 is 10.6 Å². The molecule has 0 saturated heterocycles. The van der Waals surface area contributed by atoms with Gasteiger partial charge < -0.3 is 19.8 Å². The van der Waals surface area contributed by atoms with Gasteiger partial charge in [-0.1, -0.05) is 0 Å². The number of rotatable bonds is 8. The molecule has 0 radical (unpaired) electrons. The zero-order valence-corrected chi connectivity index (χ0v) is 19.5. The van der Waals surface area contributed by atoms with E-state index in [0.717, 1.165) is 31.7 Å². The number of carbonyl (C=O) groups excluding carboxylic acids is 1. The summed E-state index contributed by atoms with van der Waals surface area (Å²) in [5.41, 5.74) is 2.64. The number of ether oxygens (including phenoxy) is 1. The number of halogens is 1. The number of aromatic nitrogens is 2. The largest absolute Gasteiger partial charge is 0.465 e. The van der Waals surface area contributed by atoms with Crippen molar-refractivity contribution in [2.45, 2.75) is 47.2 Å². The van der Waals surface area contributed by atoms with Gasteiger partial charge in [-0.25, -0.2) is 9.79 Å². The summed E-state index contributed by atoms with van der Waals surface area (Å²) in [4.78, 5) is 16.2. The molecule has 0 aromatic carbocycles. The summed E-state index contributed by atoms with van der Waals surface area (Å²) in [6.45, 7) is 10.5. The van der Waals surface area contributed by atoms with Gasteiger partial charge in [0.25, 0.3) is 0 Å². The van der Waals surface area contributed by atoms with E-state index in [0.29, 0.717) is 29.6 Å². The molecule has 0 saturated carbocycles. The number of nitrogens with zero attached hydrogens (tertiary/aromatic N) is 3. The summed E-state index contributed by atoms with van der Waals surface area (Å²) in [5.74, 6) is 1.46. The number of carbonyl (C=O) groups is 1. The predicted molar refractivity (Wildman–Crippen MR) is 119 cm³/mol. The Morgan fingerprint density at radius 3 is 2.64 bits per heavy atom. The van der Waals surface area contributed by atoms with Crippen LogP contribution in [0.4, 0.5) is 0 Å². The fourth-order valence-corrected chi connectivity index (χ4v) is 2.77. The quantitative estimate of drug-likeness (QED) is 0.189. The van der Waals surface area contributed by atoms with Crippen LogP contribution in [0.15, 0.2) is 21.5 Å². The van der Waals surface area contributed by atoms with E-state index in [1.807, 2.05) is 18.5 Å². The SMILES string of the molecule is CCNC(=NCc1cc(C(=O)OC)c(C)o1)NCCCn1nc(C)cc1C.I. The molecule has 0 fully saturated rings. The lowest BCUT2D eigenvalue weighted by Crippen LogP contribution is -2.38. The van der Waals surface area contributed by atoms with Crippen molar-refractivity contribution in [3.8, 4) is 0 Å². The minimum atomic E-state index is -0.402. The van der Waals surface area contributed by atoms with Crippen molar-refractivity contribution < 1.29 is 13.9 Å². The van der Waals surface area contributed by atoms with Crippen LogP contribution in [0.5, 0.6) is 0 Å². The maximum atomic E-state index is 11.7. The standard InChI is InChI=1S/C19H29N5O3.HI/c1-6-20-19(21-8-7-9-24-14(3)10-13(2)23-24)22-12-16-11-17(15(4)27-16)18(25)26-5;/h10-11H,6-9,12H2,1-5H3,(H2,20,21,22);1H. The molecule has 9 heteroatoms. The topological polar surface area (TPSA) is 93.7 Å². The highest BCUT2D eigenvalue weighted by molar-refractivity contribution is 14.0. The third kappa shape index (κ3) is 6.84. The molecule has 0 aliphatic heterocycles. The van der Waals surface area contributed by atoms with Crippen LogP contribution in [0.3, 0.4) is 0 Å². The van der Waals surface area contributed by atoms with E-state index in [4.69, 9.17) is 9.15 Å². The van der Waals surface area contributed by atoms with E-state index < -0.39 is 5.97 Å². The molecule has 0 unspecified atom stereocenters. The first-order valence-corrected chi connectivity index (χ1v) is 9.15. The fraction of sp³-hybridized carbons (Fsp3) is 0.526. The van der Waals surface area contributed by atoms with Crippen LogP contribution in [0, 0.1) is 20.8 Å². The highest BCUT2D eigenvalue weighted by Crippen LogP contribution is 2.16. The zero-order valence-electron chi connectivity index (χ0n) is 17.2. The molecule has 0 amide bonds. The van der Waals surface area contributed by atoms with E-state index >= 15 is 0 Å². The summed E-state index contributed by atoms with van der Waals surface area (Å²) in [5, 5.41) is 11.0. The Balaban J connectivity index is 0.00000392. The van der Waals surface area contributed by atoms with Gasteiger partial charge in [0.1, 0.15) is 23.6 Å². The van der Waals surface area contributed by atoms with Crippen molar-refractivity contribution in [1.82, 2.24) is 20.4 Å². The lowest BCUT2D eigenvalue weighted by atomic mass is 10.2. The molecular weight excluding hydrogens is 473 g/mol. The number of esters is 1. The van der Waals surface area contributed by atoms with Crippen molar-refractivity contribution >= 4 is 35.9 Å². The second kappa shape index (κ2) is 11.7. The number of methoxy groups -OCH3 is 1. The van der Waals surface area contributed by atoms with Crippen LogP contribution in [0.2, 0.25) is 0 Å². The molecule has 0 spiro atoms. The summed E-state index contributed by atoms with van der Waals surface area (Å²) in [6.07, 6.45) is 0.929. The number of hydrogen-bond acceptors (Lipinski definition) is 5. The summed E-state index contributed by atoms with van der Waals surface area (Å²) >= 11 is 0. The van der Waals surface area contributed by atoms with Crippen molar-refractivity contribution in [2.75, 3.05) is 20.2 Å². The molecule has 2 rings (SSSR count). The first-order chi connectivity index (χ1) is 12.9. The average molecular weight is 503 g/mol. The monoisotopic (exact) mass is 503 g/mol. The van der Waals surface area contributed by atoms with Gasteiger partial charge in [0.2, 0.25) is 0 Å². The zero-order chi connectivity index (χ0) is 19.8. The van der Waals surface area contributed by atoms with Crippen molar-refractivity contribution in [1.29, 1.82) is 0 Å². The first-order valence-electron chi connectivity index (χ1n) is 9.15. The number of hydrogen-bond donors (Lipinski definition) is 2. The van der Waals surface area contributed by atoms with E-state index in [2.05, 4.69) is 33.7 Å². The normalized spacial score (nSPS) is 11.1. The van der Waals surface area contributed by atoms with E-state index in [1.54, 1.807) is 13.0 Å². The Morgan fingerprint density at radius 1 is 1.29 bits per heavy atom. The van der Waals surface area contributed by atoms with Gasteiger partial charge in [-0.05, 0) is 46.2 Å². The predicted octanol–water partition coefficient (Wildman–Crippen LogP) is 2.95. The Hall–Kier alpha value is -2.04. The van der Waals surface area contributed by atoms with Crippen LogP contribution in [-0.4, -0.2) is 41.9 Å². The molecule has 8 nitrogen and oxygen atoms in total. The van der Waals surface area contributed by atoms with E-state index in [9.17, 15) is 4.79 Å². The van der Waals surface area contributed by atoms with Gasteiger partial charge in [-0.2, -0.15) is 5.10 Å². The van der Waals surface area contributed by atoms with Gasteiger partial charge in [-0.3, -0.25) is 4.68 Å². The number of nitrogens with one attached hydrogen (secondary N) is 2. The van der Waals surface area contributed by atoms with Crippen LogP contribution in [0.1, 0.15) is 46.6 Å². The van der Waals surface area contributed by atoms with Crippen LogP contribution >= 0.6 is 24.0 Å². The summed E-state index contributed by atoms with van der Waals surface area (Å²) in [6, 6.07) is 3.75. The molecule has 0 aliphatic carbocycles. The molecular formula is C19H30IN5O3. The van der Waals surface area contributed by atoms with Gasteiger partial charge in [0, 0.05) is 25.3 Å². The van der Waals surface area contributed by atoms with E-state index in [1.165, 1.54) is 12.8 Å². The molecule has 156 valence electrons. The van der Waals surface area contributed by atoms with E-state index in [-0.39, 0.29) is 24.0 Å². The third-order valence-electron chi connectivity index (χ3n) is 4.05. The Kier molecular flexibility index (Phi) is 10.0. The fourth-order valence-electron chi connectivity index (χ4n) is 2.77. The summed E-state index contributed by atoms with van der Waals surface area (Å²) < 4.78 is 12.3. The lowest BCUT2D eigenvalue weighted by molar-refractivity contribution is 0.0599. The van der Waals surface area contributed by atoms with Gasteiger partial charge in [0.05, 0.1) is 12.8 Å². The van der Waals surface area contributed by atoms with Crippen LogP contribution in [0.25, 0.3) is 0 Å². The second-order valence-corrected chi connectivity index (χ2v) is 6.30. The number of guanidine groups is 1. The Morgan fingerprint density at radius 2 is 2.04 bits per heavy atom. The molecule has 2 aromatic heterocycles.